The highest BCUT2D eigenvalue weighted by Gasteiger charge is 2.14. The zero-order valence-corrected chi connectivity index (χ0v) is 16.4. The number of allylic oxidation sites excluding steroid dienone is 5. The van der Waals surface area contributed by atoms with Crippen LogP contribution in [0.5, 0.6) is 0 Å². The summed E-state index contributed by atoms with van der Waals surface area (Å²) in [5.41, 5.74) is 2.59. The van der Waals surface area contributed by atoms with Gasteiger partial charge in [-0.15, -0.1) is 0 Å². The Hall–Kier alpha value is -2.79. The molecule has 0 aliphatic carbocycles. The van der Waals surface area contributed by atoms with E-state index < -0.39 is 17.6 Å². The first kappa shape index (κ1) is 21.5. The summed E-state index contributed by atoms with van der Waals surface area (Å²) >= 11 is 0. The molecule has 1 aliphatic heterocycles. The predicted octanol–water partition coefficient (Wildman–Crippen LogP) is 5.21. The van der Waals surface area contributed by atoms with Gasteiger partial charge in [-0.1, -0.05) is 38.3 Å². The van der Waals surface area contributed by atoms with Crippen LogP contribution in [-0.4, -0.2) is 19.0 Å². The van der Waals surface area contributed by atoms with Gasteiger partial charge in [0.15, 0.2) is 0 Å². The number of carbonyl (C=O) groups excluding carboxylic acids is 1. The highest BCUT2D eigenvalue weighted by molar-refractivity contribution is 5.96. The Kier molecular flexibility index (Phi) is 7.64. The van der Waals surface area contributed by atoms with Crippen molar-refractivity contribution in [3.8, 4) is 0 Å². The normalized spacial score (nSPS) is 15.1. The van der Waals surface area contributed by atoms with Gasteiger partial charge in [-0.3, -0.25) is 4.79 Å². The molecule has 0 atom stereocenters. The summed E-state index contributed by atoms with van der Waals surface area (Å²) in [6, 6.07) is 4.34. The van der Waals surface area contributed by atoms with Crippen molar-refractivity contribution in [2.75, 3.05) is 13.1 Å². The van der Waals surface area contributed by atoms with Crippen molar-refractivity contribution < 1.29 is 13.6 Å². The largest absolute Gasteiger partial charge is 0.322 e. The molecule has 28 heavy (non-hydrogen) atoms. The molecule has 148 valence electrons. The second-order valence-electron chi connectivity index (χ2n) is 6.62. The van der Waals surface area contributed by atoms with Crippen LogP contribution < -0.4 is 10.6 Å². The Labute approximate surface area is 165 Å². The number of amides is 1. The molecule has 1 aliphatic rings. The molecule has 0 spiro atoms. The average Bonchev–Trinajstić information content (AvgIpc) is 2.67. The molecule has 1 aromatic carbocycles. The summed E-state index contributed by atoms with van der Waals surface area (Å²) in [4.78, 5) is 12.3. The van der Waals surface area contributed by atoms with Crippen LogP contribution >= 0.6 is 0 Å². The molecule has 1 heterocycles. The lowest BCUT2D eigenvalue weighted by Gasteiger charge is -2.15. The van der Waals surface area contributed by atoms with E-state index in [0.29, 0.717) is 12.1 Å². The molecule has 0 saturated carbocycles. The van der Waals surface area contributed by atoms with Gasteiger partial charge in [0, 0.05) is 28.9 Å². The van der Waals surface area contributed by atoms with Crippen molar-refractivity contribution >= 4 is 11.5 Å². The van der Waals surface area contributed by atoms with Crippen molar-refractivity contribution in [3.05, 3.63) is 89.2 Å². The SMILES string of the molecule is C=C(/C=C(/F)C(=C)/C(C)=C/CC)NC(=O)c1ccc(C2=CCNCC2)c(F)c1. The number of hydrogen-bond donors (Lipinski definition) is 2. The molecule has 0 saturated heterocycles. The van der Waals surface area contributed by atoms with E-state index in [4.69, 9.17) is 0 Å². The number of benzene rings is 1. The van der Waals surface area contributed by atoms with Gasteiger partial charge in [0.05, 0.1) is 0 Å². The maximum Gasteiger partial charge on any atom is 0.255 e. The second kappa shape index (κ2) is 9.95. The number of carbonyl (C=O) groups is 1. The molecule has 1 amide bonds. The smallest absolute Gasteiger partial charge is 0.255 e. The fourth-order valence-electron chi connectivity index (χ4n) is 2.90. The van der Waals surface area contributed by atoms with Crippen LogP contribution in [0.3, 0.4) is 0 Å². The van der Waals surface area contributed by atoms with E-state index in [2.05, 4.69) is 23.8 Å². The van der Waals surface area contributed by atoms with Gasteiger partial charge in [0.1, 0.15) is 11.6 Å². The van der Waals surface area contributed by atoms with E-state index in [-0.39, 0.29) is 16.8 Å². The molecule has 0 fully saturated rings. The number of halogens is 2. The van der Waals surface area contributed by atoms with Crippen LogP contribution in [0.2, 0.25) is 0 Å². The zero-order valence-electron chi connectivity index (χ0n) is 16.4. The summed E-state index contributed by atoms with van der Waals surface area (Å²) in [5, 5.41) is 5.65. The number of rotatable bonds is 7. The van der Waals surface area contributed by atoms with E-state index in [1.807, 2.05) is 19.1 Å². The van der Waals surface area contributed by atoms with E-state index in [1.54, 1.807) is 19.1 Å². The summed E-state index contributed by atoms with van der Waals surface area (Å²) in [5.74, 6) is -1.58. The first-order valence-electron chi connectivity index (χ1n) is 9.27. The first-order valence-corrected chi connectivity index (χ1v) is 9.27. The average molecular weight is 384 g/mol. The third-order valence-electron chi connectivity index (χ3n) is 4.49. The Balaban J connectivity index is 2.08. The Bertz CT molecular complexity index is 879. The summed E-state index contributed by atoms with van der Waals surface area (Å²) in [7, 11) is 0. The van der Waals surface area contributed by atoms with E-state index in [0.717, 1.165) is 36.6 Å². The van der Waals surface area contributed by atoms with Gasteiger partial charge < -0.3 is 10.6 Å². The van der Waals surface area contributed by atoms with Gasteiger partial charge in [-0.2, -0.15) is 0 Å². The predicted molar refractivity (Wildman–Crippen MR) is 111 cm³/mol. The van der Waals surface area contributed by atoms with Crippen LogP contribution in [0, 0.1) is 5.82 Å². The van der Waals surface area contributed by atoms with Crippen LogP contribution in [0.4, 0.5) is 8.78 Å². The van der Waals surface area contributed by atoms with Crippen LogP contribution in [-0.2, 0) is 0 Å². The maximum atomic E-state index is 14.5. The molecule has 0 unspecified atom stereocenters. The lowest BCUT2D eigenvalue weighted by atomic mass is 9.98. The highest BCUT2D eigenvalue weighted by Crippen LogP contribution is 2.24. The van der Waals surface area contributed by atoms with E-state index in [9.17, 15) is 13.6 Å². The molecule has 0 aromatic heterocycles. The molecule has 0 bridgehead atoms. The Morgan fingerprint density at radius 3 is 2.71 bits per heavy atom. The van der Waals surface area contributed by atoms with E-state index >= 15 is 0 Å². The summed E-state index contributed by atoms with van der Waals surface area (Å²) in [6.07, 6.45) is 6.42. The van der Waals surface area contributed by atoms with Gasteiger partial charge in [0.2, 0.25) is 0 Å². The van der Waals surface area contributed by atoms with Crippen LogP contribution in [0.15, 0.2) is 72.3 Å². The van der Waals surface area contributed by atoms with Gasteiger partial charge in [-0.25, -0.2) is 8.78 Å². The summed E-state index contributed by atoms with van der Waals surface area (Å²) in [6.45, 7) is 12.6. The van der Waals surface area contributed by atoms with Gasteiger partial charge in [-0.05, 0) is 55.7 Å². The lowest BCUT2D eigenvalue weighted by Crippen LogP contribution is -2.22. The molecular formula is C23H26F2N2O. The van der Waals surface area contributed by atoms with Crippen LogP contribution in [0.25, 0.3) is 5.57 Å². The standard InChI is InChI=1S/C23H26F2N2O/c1-5-6-15(2)17(4)21(24)13-16(3)27-23(28)19-7-8-20(22(25)14-19)18-9-11-26-12-10-18/h6-9,13-14,26H,3-5,10-12H2,1-2H3,(H,27,28)/b15-6+,21-13+. The summed E-state index contributed by atoms with van der Waals surface area (Å²) < 4.78 is 28.7. The minimum Gasteiger partial charge on any atom is -0.322 e. The Morgan fingerprint density at radius 1 is 1.36 bits per heavy atom. The van der Waals surface area contributed by atoms with Crippen molar-refractivity contribution in [1.82, 2.24) is 10.6 Å². The second-order valence-corrected chi connectivity index (χ2v) is 6.62. The monoisotopic (exact) mass is 384 g/mol. The van der Waals surface area contributed by atoms with Crippen LogP contribution in [0.1, 0.15) is 42.6 Å². The highest BCUT2D eigenvalue weighted by atomic mass is 19.1. The fraction of sp³-hybridized carbons (Fsp3) is 0.261. The first-order chi connectivity index (χ1) is 13.3. The van der Waals surface area contributed by atoms with E-state index in [1.165, 1.54) is 6.07 Å². The molecular weight excluding hydrogens is 358 g/mol. The quantitative estimate of drug-likeness (QED) is 0.634. The zero-order chi connectivity index (χ0) is 20.7. The third kappa shape index (κ3) is 5.60. The molecule has 0 radical (unpaired) electrons. The minimum absolute atomic E-state index is 0.0681. The van der Waals surface area contributed by atoms with Gasteiger partial charge in [0.25, 0.3) is 5.91 Å². The molecule has 2 rings (SSSR count). The minimum atomic E-state index is -0.577. The lowest BCUT2D eigenvalue weighted by molar-refractivity contribution is 0.0967. The fourth-order valence-corrected chi connectivity index (χ4v) is 2.90. The van der Waals surface area contributed by atoms with Crippen molar-refractivity contribution in [1.29, 1.82) is 0 Å². The van der Waals surface area contributed by atoms with Crippen molar-refractivity contribution in [2.45, 2.75) is 26.7 Å². The third-order valence-corrected chi connectivity index (χ3v) is 4.49. The van der Waals surface area contributed by atoms with Crippen molar-refractivity contribution in [3.63, 3.8) is 0 Å². The van der Waals surface area contributed by atoms with Crippen molar-refractivity contribution in [2.24, 2.45) is 0 Å². The molecule has 3 nitrogen and oxygen atoms in total. The molecule has 1 aromatic rings. The Morgan fingerprint density at radius 2 is 2.11 bits per heavy atom. The molecule has 5 heteroatoms. The number of nitrogens with one attached hydrogen (secondary N) is 2. The topological polar surface area (TPSA) is 41.1 Å². The molecule has 2 N–H and O–H groups in total. The number of hydrogen-bond acceptors (Lipinski definition) is 2. The maximum absolute atomic E-state index is 14.5. The van der Waals surface area contributed by atoms with Gasteiger partial charge >= 0.3 is 0 Å².